The van der Waals surface area contributed by atoms with Gasteiger partial charge in [0.25, 0.3) is 0 Å². The van der Waals surface area contributed by atoms with Gasteiger partial charge in [0, 0.05) is 12.6 Å². The fourth-order valence-corrected chi connectivity index (χ4v) is 1.72. The molecule has 3 heteroatoms. The van der Waals surface area contributed by atoms with Crippen molar-refractivity contribution in [3.05, 3.63) is 42.9 Å². The lowest BCUT2D eigenvalue weighted by molar-refractivity contribution is 0.582. The Balaban J connectivity index is 2.25. The summed E-state index contributed by atoms with van der Waals surface area (Å²) in [6, 6.07) is 9.96. The van der Waals surface area contributed by atoms with E-state index in [2.05, 4.69) is 11.1 Å². The number of aryl methyl sites for hydroxylation is 1. The van der Waals surface area contributed by atoms with E-state index in [1.54, 1.807) is 6.26 Å². The summed E-state index contributed by atoms with van der Waals surface area (Å²) >= 11 is 0. The summed E-state index contributed by atoms with van der Waals surface area (Å²) < 4.78 is 7.36. The van der Waals surface area contributed by atoms with Gasteiger partial charge in [-0.15, -0.1) is 0 Å². The molecule has 0 spiro atoms. The molecule has 3 aromatic rings. The summed E-state index contributed by atoms with van der Waals surface area (Å²) in [4.78, 5) is 4.27. The van der Waals surface area contributed by atoms with Gasteiger partial charge in [0.1, 0.15) is 5.76 Å². The van der Waals surface area contributed by atoms with Gasteiger partial charge >= 0.3 is 0 Å². The zero-order valence-electron chi connectivity index (χ0n) is 8.34. The van der Waals surface area contributed by atoms with Crippen LogP contribution in [-0.4, -0.2) is 9.55 Å². The van der Waals surface area contributed by atoms with Crippen molar-refractivity contribution in [3.63, 3.8) is 0 Å². The fourth-order valence-electron chi connectivity index (χ4n) is 1.72. The van der Waals surface area contributed by atoms with Crippen LogP contribution >= 0.6 is 0 Å². The highest BCUT2D eigenvalue weighted by Crippen LogP contribution is 2.23. The molecule has 0 fully saturated rings. The van der Waals surface area contributed by atoms with Crippen LogP contribution in [0.25, 0.3) is 22.4 Å². The molecule has 0 saturated heterocycles. The summed E-state index contributed by atoms with van der Waals surface area (Å²) in [6.45, 7) is 0. The summed E-state index contributed by atoms with van der Waals surface area (Å²) in [5, 5.41) is 0. The smallest absolute Gasteiger partial charge is 0.133 e. The van der Waals surface area contributed by atoms with Crippen LogP contribution in [0, 0.1) is 0 Å². The molecule has 0 unspecified atom stereocenters. The second-order valence-corrected chi connectivity index (χ2v) is 3.54. The number of nitrogens with zero attached hydrogens (tertiary/aromatic N) is 2. The van der Waals surface area contributed by atoms with E-state index in [0.29, 0.717) is 0 Å². The quantitative estimate of drug-likeness (QED) is 0.602. The molecule has 2 heterocycles. The molecule has 0 aliphatic heterocycles. The van der Waals surface area contributed by atoms with Crippen molar-refractivity contribution in [2.24, 2.45) is 7.05 Å². The predicted molar refractivity (Wildman–Crippen MR) is 58.4 cm³/mol. The molecular weight excluding hydrogens is 188 g/mol. The van der Waals surface area contributed by atoms with Gasteiger partial charge in [0.2, 0.25) is 0 Å². The monoisotopic (exact) mass is 198 g/mol. The highest BCUT2D eigenvalue weighted by molar-refractivity contribution is 5.80. The van der Waals surface area contributed by atoms with Crippen molar-refractivity contribution in [2.75, 3.05) is 0 Å². The number of rotatable bonds is 1. The van der Waals surface area contributed by atoms with E-state index in [-0.39, 0.29) is 0 Å². The van der Waals surface area contributed by atoms with Gasteiger partial charge in [-0.05, 0) is 30.3 Å². The van der Waals surface area contributed by atoms with Crippen molar-refractivity contribution in [1.29, 1.82) is 0 Å². The topological polar surface area (TPSA) is 31.0 Å². The van der Waals surface area contributed by atoms with Crippen molar-refractivity contribution >= 4 is 11.0 Å². The normalized spacial score (nSPS) is 11.0. The van der Waals surface area contributed by atoms with Gasteiger partial charge in [0.15, 0.2) is 0 Å². The van der Waals surface area contributed by atoms with Gasteiger partial charge in [-0.1, -0.05) is 0 Å². The highest BCUT2D eigenvalue weighted by atomic mass is 16.3. The van der Waals surface area contributed by atoms with E-state index in [4.69, 9.17) is 4.42 Å². The summed E-state index contributed by atoms with van der Waals surface area (Å²) in [5.74, 6) is 0.887. The van der Waals surface area contributed by atoms with Gasteiger partial charge in [0.05, 0.1) is 23.6 Å². The number of aromatic nitrogens is 2. The van der Waals surface area contributed by atoms with E-state index < -0.39 is 0 Å². The molecule has 0 radical (unpaired) electrons. The Morgan fingerprint density at radius 1 is 1.27 bits per heavy atom. The molecule has 0 atom stereocenters. The van der Waals surface area contributed by atoms with Gasteiger partial charge < -0.3 is 8.98 Å². The fraction of sp³-hybridized carbons (Fsp3) is 0.0833. The third-order valence-corrected chi connectivity index (χ3v) is 2.53. The third-order valence-electron chi connectivity index (χ3n) is 2.53. The number of furan rings is 1. The standard InChI is InChI=1S/C12H10N2O/c1-14-8-13-10-5-4-9(7-11(10)14)12-3-2-6-15-12/h2-8H,1H3. The first-order valence-corrected chi connectivity index (χ1v) is 4.79. The SMILES string of the molecule is Cn1cnc2ccc(-c3ccco3)cc21. The van der Waals surface area contributed by atoms with Gasteiger partial charge in [-0.25, -0.2) is 4.98 Å². The molecule has 3 nitrogen and oxygen atoms in total. The van der Waals surface area contributed by atoms with Crippen LogP contribution < -0.4 is 0 Å². The molecule has 0 aliphatic carbocycles. The Bertz CT molecular complexity index is 593. The van der Waals surface area contributed by atoms with E-state index in [9.17, 15) is 0 Å². The lowest BCUT2D eigenvalue weighted by atomic mass is 10.1. The van der Waals surface area contributed by atoms with Crippen LogP contribution in [0.15, 0.2) is 47.3 Å². The Morgan fingerprint density at radius 3 is 3.00 bits per heavy atom. The van der Waals surface area contributed by atoms with Crippen LogP contribution in [0.3, 0.4) is 0 Å². The molecule has 1 aromatic carbocycles. The third kappa shape index (κ3) is 1.24. The maximum absolute atomic E-state index is 5.36. The van der Waals surface area contributed by atoms with Crippen LogP contribution in [-0.2, 0) is 7.05 Å². The zero-order valence-corrected chi connectivity index (χ0v) is 8.34. The average Bonchev–Trinajstić information content (AvgIpc) is 2.88. The zero-order chi connectivity index (χ0) is 10.3. The molecule has 15 heavy (non-hydrogen) atoms. The van der Waals surface area contributed by atoms with E-state index in [0.717, 1.165) is 22.4 Å². The second kappa shape index (κ2) is 2.98. The van der Waals surface area contributed by atoms with Crippen LogP contribution in [0.4, 0.5) is 0 Å². The van der Waals surface area contributed by atoms with Crippen molar-refractivity contribution < 1.29 is 4.42 Å². The van der Waals surface area contributed by atoms with Gasteiger partial charge in [-0.3, -0.25) is 0 Å². The molecule has 0 bridgehead atoms. The minimum absolute atomic E-state index is 0.887. The van der Waals surface area contributed by atoms with Gasteiger partial charge in [-0.2, -0.15) is 0 Å². The maximum Gasteiger partial charge on any atom is 0.133 e. The van der Waals surface area contributed by atoms with Crippen molar-refractivity contribution in [3.8, 4) is 11.3 Å². The Kier molecular flexibility index (Phi) is 1.65. The molecule has 0 saturated carbocycles. The average molecular weight is 198 g/mol. The van der Waals surface area contributed by atoms with E-state index in [1.165, 1.54) is 0 Å². The first-order valence-electron chi connectivity index (χ1n) is 4.79. The molecule has 0 amide bonds. The summed E-state index contributed by atoms with van der Waals surface area (Å²) in [5.41, 5.74) is 3.20. The van der Waals surface area contributed by atoms with Crippen molar-refractivity contribution in [2.45, 2.75) is 0 Å². The minimum Gasteiger partial charge on any atom is -0.464 e. The summed E-state index contributed by atoms with van der Waals surface area (Å²) in [6.07, 6.45) is 3.50. The largest absolute Gasteiger partial charge is 0.464 e. The molecule has 3 rings (SSSR count). The van der Waals surface area contributed by atoms with Crippen LogP contribution in [0.1, 0.15) is 0 Å². The second-order valence-electron chi connectivity index (χ2n) is 3.54. The lowest BCUT2D eigenvalue weighted by Gasteiger charge is -1.98. The molecule has 2 aromatic heterocycles. The molecule has 74 valence electrons. The van der Waals surface area contributed by atoms with Crippen LogP contribution in [0.2, 0.25) is 0 Å². The Labute approximate surface area is 87.0 Å². The Hall–Kier alpha value is -2.03. The predicted octanol–water partition coefficient (Wildman–Crippen LogP) is 2.83. The summed E-state index contributed by atoms with van der Waals surface area (Å²) in [7, 11) is 1.99. The number of benzene rings is 1. The number of hydrogen-bond acceptors (Lipinski definition) is 2. The maximum atomic E-state index is 5.36. The minimum atomic E-state index is 0.887. The molecular formula is C12H10N2O. The van der Waals surface area contributed by atoms with E-state index in [1.807, 2.05) is 42.2 Å². The Morgan fingerprint density at radius 2 is 2.20 bits per heavy atom. The van der Waals surface area contributed by atoms with Crippen LogP contribution in [0.5, 0.6) is 0 Å². The first kappa shape index (κ1) is 8.29. The first-order chi connectivity index (χ1) is 7.34. The van der Waals surface area contributed by atoms with Crippen molar-refractivity contribution in [1.82, 2.24) is 9.55 Å². The number of imidazole rings is 1. The lowest BCUT2D eigenvalue weighted by Crippen LogP contribution is -1.84. The highest BCUT2D eigenvalue weighted by Gasteiger charge is 2.04. The van der Waals surface area contributed by atoms with E-state index >= 15 is 0 Å². The number of hydrogen-bond donors (Lipinski definition) is 0. The number of fused-ring (bicyclic) bond motifs is 1. The molecule has 0 aliphatic rings. The molecule has 0 N–H and O–H groups in total.